The number of aryl methyl sites for hydroxylation is 2. The molecule has 0 saturated heterocycles. The minimum absolute atomic E-state index is 0.0712. The van der Waals surface area contributed by atoms with E-state index in [4.69, 9.17) is 9.47 Å². The molecule has 0 N–H and O–H groups in total. The lowest BCUT2D eigenvalue weighted by atomic mass is 9.99. The molecule has 3 heteroatoms. The van der Waals surface area contributed by atoms with Crippen LogP contribution in [0, 0.1) is 0 Å². The zero-order chi connectivity index (χ0) is 17.2. The number of benzene rings is 2. The lowest BCUT2D eigenvalue weighted by Crippen LogP contribution is -2.02. The molecule has 2 rings (SSSR count). The van der Waals surface area contributed by atoms with Crippen molar-refractivity contribution in [2.75, 3.05) is 27.4 Å². The summed E-state index contributed by atoms with van der Waals surface area (Å²) >= 11 is 0. The van der Waals surface area contributed by atoms with Crippen LogP contribution >= 0.6 is 0 Å². The predicted octanol–water partition coefficient (Wildman–Crippen LogP) is 4.08. The largest absolute Gasteiger partial charge is 0.385 e. The lowest BCUT2D eigenvalue weighted by Gasteiger charge is -2.06. The van der Waals surface area contributed by atoms with Crippen molar-refractivity contribution in [1.29, 1.82) is 0 Å². The van der Waals surface area contributed by atoms with E-state index in [-0.39, 0.29) is 5.78 Å². The summed E-state index contributed by atoms with van der Waals surface area (Å²) in [5.41, 5.74) is 3.93. The minimum Gasteiger partial charge on any atom is -0.385 e. The van der Waals surface area contributed by atoms with Gasteiger partial charge in [0.2, 0.25) is 0 Å². The van der Waals surface area contributed by atoms with E-state index < -0.39 is 0 Å². The first kappa shape index (κ1) is 18.4. The fraction of sp³-hybridized carbons (Fsp3) is 0.381. The molecule has 0 heterocycles. The fourth-order valence-electron chi connectivity index (χ4n) is 2.65. The van der Waals surface area contributed by atoms with Crippen molar-refractivity contribution < 1.29 is 14.3 Å². The molecule has 24 heavy (non-hydrogen) atoms. The maximum atomic E-state index is 12.5. The summed E-state index contributed by atoms with van der Waals surface area (Å²) in [4.78, 5) is 12.5. The van der Waals surface area contributed by atoms with Gasteiger partial charge >= 0.3 is 0 Å². The van der Waals surface area contributed by atoms with Crippen LogP contribution in [-0.4, -0.2) is 33.2 Å². The van der Waals surface area contributed by atoms with Crippen LogP contribution in [0.15, 0.2) is 48.5 Å². The second-order valence-corrected chi connectivity index (χ2v) is 5.92. The normalized spacial score (nSPS) is 10.8. The van der Waals surface area contributed by atoms with E-state index in [1.165, 1.54) is 11.1 Å². The molecule has 0 bridgehead atoms. The Morgan fingerprint density at radius 2 is 1.08 bits per heavy atom. The van der Waals surface area contributed by atoms with Gasteiger partial charge in [-0.25, -0.2) is 0 Å². The number of hydrogen-bond donors (Lipinski definition) is 0. The third kappa shape index (κ3) is 5.59. The van der Waals surface area contributed by atoms with Crippen LogP contribution in [0.2, 0.25) is 0 Å². The van der Waals surface area contributed by atoms with Crippen LogP contribution in [0.4, 0.5) is 0 Å². The Kier molecular flexibility index (Phi) is 7.66. The first-order valence-electron chi connectivity index (χ1n) is 8.45. The van der Waals surface area contributed by atoms with Crippen LogP contribution in [0.1, 0.15) is 39.9 Å². The standard InChI is InChI=1S/C21H26O3/c1-23-15-3-5-17-7-11-19(12-8-17)21(22)20-13-9-18(10-14-20)6-4-16-24-2/h7-14H,3-6,15-16H2,1-2H3. The molecular formula is C21H26O3. The van der Waals surface area contributed by atoms with Crippen molar-refractivity contribution in [1.82, 2.24) is 0 Å². The van der Waals surface area contributed by atoms with Crippen molar-refractivity contribution in [3.05, 3.63) is 70.8 Å². The topological polar surface area (TPSA) is 35.5 Å². The molecule has 3 nitrogen and oxygen atoms in total. The highest BCUT2D eigenvalue weighted by Gasteiger charge is 2.09. The Labute approximate surface area is 144 Å². The number of hydrogen-bond acceptors (Lipinski definition) is 3. The third-order valence-electron chi connectivity index (χ3n) is 4.06. The Hall–Kier alpha value is -1.97. The maximum absolute atomic E-state index is 12.5. The van der Waals surface area contributed by atoms with E-state index in [0.717, 1.165) is 50.0 Å². The number of ether oxygens (including phenoxy) is 2. The molecule has 0 radical (unpaired) electrons. The quantitative estimate of drug-likeness (QED) is 0.487. The van der Waals surface area contributed by atoms with Gasteiger partial charge in [-0.05, 0) is 36.8 Å². The van der Waals surface area contributed by atoms with E-state index >= 15 is 0 Å². The lowest BCUT2D eigenvalue weighted by molar-refractivity contribution is 0.103. The molecule has 0 aromatic heterocycles. The van der Waals surface area contributed by atoms with Crippen molar-refractivity contribution in [3.63, 3.8) is 0 Å². The van der Waals surface area contributed by atoms with Crippen molar-refractivity contribution >= 4 is 5.78 Å². The highest BCUT2D eigenvalue weighted by Crippen LogP contribution is 2.14. The number of rotatable bonds is 10. The summed E-state index contributed by atoms with van der Waals surface area (Å²) < 4.78 is 10.1. The highest BCUT2D eigenvalue weighted by atomic mass is 16.5. The van der Waals surface area contributed by atoms with Crippen LogP contribution in [0.5, 0.6) is 0 Å². The number of carbonyl (C=O) groups is 1. The molecule has 0 aliphatic carbocycles. The summed E-state index contributed by atoms with van der Waals surface area (Å²) in [5, 5.41) is 0. The van der Waals surface area contributed by atoms with Gasteiger partial charge in [-0.15, -0.1) is 0 Å². The second-order valence-electron chi connectivity index (χ2n) is 5.92. The molecule has 2 aromatic rings. The first-order chi connectivity index (χ1) is 11.7. The van der Waals surface area contributed by atoms with Crippen LogP contribution in [0.3, 0.4) is 0 Å². The van der Waals surface area contributed by atoms with Crippen molar-refractivity contribution in [3.8, 4) is 0 Å². The van der Waals surface area contributed by atoms with Crippen LogP contribution in [-0.2, 0) is 22.3 Å². The fourth-order valence-corrected chi connectivity index (χ4v) is 2.65. The van der Waals surface area contributed by atoms with Crippen LogP contribution < -0.4 is 0 Å². The van der Waals surface area contributed by atoms with Gasteiger partial charge in [0.1, 0.15) is 0 Å². The third-order valence-corrected chi connectivity index (χ3v) is 4.06. The molecule has 0 unspecified atom stereocenters. The zero-order valence-electron chi connectivity index (χ0n) is 14.6. The van der Waals surface area contributed by atoms with Gasteiger partial charge < -0.3 is 9.47 Å². The molecule has 0 atom stereocenters. The molecule has 0 aliphatic rings. The highest BCUT2D eigenvalue weighted by molar-refractivity contribution is 6.08. The van der Waals surface area contributed by atoms with Gasteiger partial charge in [0.15, 0.2) is 5.78 Å². The number of methoxy groups -OCH3 is 2. The molecule has 0 aliphatic heterocycles. The van der Waals surface area contributed by atoms with Crippen LogP contribution in [0.25, 0.3) is 0 Å². The molecule has 128 valence electrons. The Balaban J connectivity index is 1.95. The zero-order valence-corrected chi connectivity index (χ0v) is 14.6. The van der Waals surface area contributed by atoms with E-state index in [0.29, 0.717) is 0 Å². The Morgan fingerprint density at radius 3 is 1.42 bits per heavy atom. The number of ketones is 1. The predicted molar refractivity (Wildman–Crippen MR) is 96.7 cm³/mol. The summed E-state index contributed by atoms with van der Waals surface area (Å²) in [6.07, 6.45) is 3.93. The van der Waals surface area contributed by atoms with Gasteiger partial charge in [-0.1, -0.05) is 48.5 Å². The molecule has 2 aromatic carbocycles. The molecular weight excluding hydrogens is 300 g/mol. The van der Waals surface area contributed by atoms with Gasteiger partial charge in [-0.3, -0.25) is 4.79 Å². The van der Waals surface area contributed by atoms with E-state index in [1.54, 1.807) is 14.2 Å². The number of carbonyl (C=O) groups excluding carboxylic acids is 1. The monoisotopic (exact) mass is 326 g/mol. The minimum atomic E-state index is 0.0712. The Morgan fingerprint density at radius 1 is 0.708 bits per heavy atom. The van der Waals surface area contributed by atoms with Gasteiger partial charge in [-0.2, -0.15) is 0 Å². The molecule has 0 fully saturated rings. The SMILES string of the molecule is COCCCc1ccc(C(=O)c2ccc(CCCOC)cc2)cc1. The first-order valence-corrected chi connectivity index (χ1v) is 8.45. The second kappa shape index (κ2) is 10.0. The molecule has 0 saturated carbocycles. The average molecular weight is 326 g/mol. The van der Waals surface area contributed by atoms with E-state index in [1.807, 2.05) is 48.5 Å². The summed E-state index contributed by atoms with van der Waals surface area (Å²) in [6, 6.07) is 15.8. The summed E-state index contributed by atoms with van der Waals surface area (Å²) in [7, 11) is 3.43. The van der Waals surface area contributed by atoms with Crippen molar-refractivity contribution in [2.24, 2.45) is 0 Å². The Bertz CT molecular complexity index is 559. The van der Waals surface area contributed by atoms with Gasteiger partial charge in [0.25, 0.3) is 0 Å². The van der Waals surface area contributed by atoms with Crippen molar-refractivity contribution in [2.45, 2.75) is 25.7 Å². The smallest absolute Gasteiger partial charge is 0.193 e. The summed E-state index contributed by atoms with van der Waals surface area (Å²) in [5.74, 6) is 0.0712. The van der Waals surface area contributed by atoms with E-state index in [9.17, 15) is 4.79 Å². The van der Waals surface area contributed by atoms with E-state index in [2.05, 4.69) is 0 Å². The average Bonchev–Trinajstić information content (AvgIpc) is 2.63. The molecule has 0 spiro atoms. The van der Waals surface area contributed by atoms with Gasteiger partial charge in [0, 0.05) is 38.6 Å². The maximum Gasteiger partial charge on any atom is 0.193 e. The van der Waals surface area contributed by atoms with Gasteiger partial charge in [0.05, 0.1) is 0 Å². The molecule has 0 amide bonds. The summed E-state index contributed by atoms with van der Waals surface area (Å²) in [6.45, 7) is 1.52.